The SMILES string of the molecule is CCCCNc1ccc(C(=O)N2CCN(C/C=C/c3ccccc3)CC2)nc1. The van der Waals surface area contributed by atoms with Crippen LogP contribution in [0, 0.1) is 0 Å². The average Bonchev–Trinajstić information content (AvgIpc) is 2.75. The maximum Gasteiger partial charge on any atom is 0.272 e. The van der Waals surface area contributed by atoms with E-state index in [1.165, 1.54) is 5.56 Å². The highest BCUT2D eigenvalue weighted by atomic mass is 16.2. The minimum atomic E-state index is 0.0274. The van der Waals surface area contributed by atoms with Gasteiger partial charge in [0, 0.05) is 39.3 Å². The zero-order valence-corrected chi connectivity index (χ0v) is 16.7. The topological polar surface area (TPSA) is 48.5 Å². The molecule has 1 amide bonds. The summed E-state index contributed by atoms with van der Waals surface area (Å²) in [5.41, 5.74) is 2.72. The largest absolute Gasteiger partial charge is 0.384 e. The molecule has 0 aliphatic carbocycles. The summed E-state index contributed by atoms with van der Waals surface area (Å²) in [6, 6.07) is 14.1. The summed E-state index contributed by atoms with van der Waals surface area (Å²) in [5, 5.41) is 3.33. The number of pyridine rings is 1. The molecule has 28 heavy (non-hydrogen) atoms. The molecular formula is C23H30N4O. The third-order valence-electron chi connectivity index (χ3n) is 4.98. The Balaban J connectivity index is 1.44. The number of nitrogens with one attached hydrogen (secondary N) is 1. The van der Waals surface area contributed by atoms with Crippen LogP contribution in [-0.2, 0) is 0 Å². The van der Waals surface area contributed by atoms with Crippen molar-refractivity contribution in [3.8, 4) is 0 Å². The number of amides is 1. The van der Waals surface area contributed by atoms with Gasteiger partial charge in [-0.15, -0.1) is 0 Å². The van der Waals surface area contributed by atoms with Gasteiger partial charge in [0.05, 0.1) is 11.9 Å². The molecule has 5 nitrogen and oxygen atoms in total. The van der Waals surface area contributed by atoms with Crippen molar-refractivity contribution in [1.82, 2.24) is 14.8 Å². The smallest absolute Gasteiger partial charge is 0.272 e. The van der Waals surface area contributed by atoms with E-state index < -0.39 is 0 Å². The molecule has 1 N–H and O–H groups in total. The van der Waals surface area contributed by atoms with Crippen molar-refractivity contribution in [2.75, 3.05) is 44.6 Å². The molecule has 1 aromatic carbocycles. The van der Waals surface area contributed by atoms with Gasteiger partial charge in [-0.25, -0.2) is 4.98 Å². The lowest BCUT2D eigenvalue weighted by molar-refractivity contribution is 0.0644. The summed E-state index contributed by atoms with van der Waals surface area (Å²) in [6.45, 7) is 7.29. The lowest BCUT2D eigenvalue weighted by atomic mass is 10.2. The molecule has 0 spiro atoms. The number of unbranched alkanes of at least 4 members (excludes halogenated alkanes) is 1. The van der Waals surface area contributed by atoms with Crippen LogP contribution in [0.4, 0.5) is 5.69 Å². The number of aromatic nitrogens is 1. The van der Waals surface area contributed by atoms with Crippen molar-refractivity contribution in [2.45, 2.75) is 19.8 Å². The number of anilines is 1. The van der Waals surface area contributed by atoms with Gasteiger partial charge in [-0.1, -0.05) is 55.8 Å². The third-order valence-corrected chi connectivity index (χ3v) is 4.98. The fourth-order valence-electron chi connectivity index (χ4n) is 3.23. The second kappa shape index (κ2) is 10.6. The molecule has 5 heteroatoms. The Labute approximate surface area is 168 Å². The molecular weight excluding hydrogens is 348 g/mol. The van der Waals surface area contributed by atoms with Gasteiger partial charge in [0.1, 0.15) is 5.69 Å². The van der Waals surface area contributed by atoms with Crippen LogP contribution in [0.25, 0.3) is 6.08 Å². The molecule has 1 aromatic heterocycles. The number of hydrogen-bond acceptors (Lipinski definition) is 4. The second-order valence-corrected chi connectivity index (χ2v) is 7.12. The van der Waals surface area contributed by atoms with Gasteiger partial charge >= 0.3 is 0 Å². The number of benzene rings is 1. The van der Waals surface area contributed by atoms with Crippen LogP contribution < -0.4 is 5.32 Å². The van der Waals surface area contributed by atoms with E-state index in [4.69, 9.17) is 0 Å². The molecule has 1 fully saturated rings. The zero-order valence-electron chi connectivity index (χ0n) is 16.7. The summed E-state index contributed by atoms with van der Waals surface area (Å²) >= 11 is 0. The number of carbonyl (C=O) groups excluding carboxylic acids is 1. The normalized spacial score (nSPS) is 15.1. The van der Waals surface area contributed by atoms with E-state index in [-0.39, 0.29) is 5.91 Å². The summed E-state index contributed by atoms with van der Waals surface area (Å²) in [4.78, 5) is 21.3. The van der Waals surface area contributed by atoms with Gasteiger partial charge in [-0.3, -0.25) is 9.69 Å². The van der Waals surface area contributed by atoms with Gasteiger partial charge < -0.3 is 10.2 Å². The van der Waals surface area contributed by atoms with Crippen LogP contribution in [0.2, 0.25) is 0 Å². The Morgan fingerprint density at radius 1 is 1.11 bits per heavy atom. The molecule has 2 aromatic rings. The molecule has 0 radical (unpaired) electrons. The van der Waals surface area contributed by atoms with E-state index in [1.807, 2.05) is 35.2 Å². The van der Waals surface area contributed by atoms with Crippen LogP contribution >= 0.6 is 0 Å². The van der Waals surface area contributed by atoms with Crippen LogP contribution in [0.15, 0.2) is 54.7 Å². The van der Waals surface area contributed by atoms with E-state index in [1.54, 1.807) is 6.20 Å². The van der Waals surface area contributed by atoms with Gasteiger partial charge in [-0.05, 0) is 24.1 Å². The lowest BCUT2D eigenvalue weighted by Crippen LogP contribution is -2.48. The first kappa shape index (κ1) is 20.1. The second-order valence-electron chi connectivity index (χ2n) is 7.12. The van der Waals surface area contributed by atoms with Crippen LogP contribution in [-0.4, -0.2) is 60.0 Å². The van der Waals surface area contributed by atoms with Gasteiger partial charge in [0.25, 0.3) is 5.91 Å². The predicted molar refractivity (Wildman–Crippen MR) is 115 cm³/mol. The molecule has 1 aliphatic rings. The maximum atomic E-state index is 12.7. The van der Waals surface area contributed by atoms with E-state index in [0.29, 0.717) is 5.69 Å². The predicted octanol–water partition coefficient (Wildman–Crippen LogP) is 3.76. The molecule has 3 rings (SSSR count). The van der Waals surface area contributed by atoms with Crippen LogP contribution in [0.3, 0.4) is 0 Å². The Morgan fingerprint density at radius 2 is 1.89 bits per heavy atom. The Bertz CT molecular complexity index is 750. The summed E-state index contributed by atoms with van der Waals surface area (Å²) in [6.07, 6.45) is 8.39. The first-order valence-corrected chi connectivity index (χ1v) is 10.2. The molecule has 2 heterocycles. The van der Waals surface area contributed by atoms with Crippen LogP contribution in [0.1, 0.15) is 35.8 Å². The number of hydrogen-bond donors (Lipinski definition) is 1. The molecule has 1 saturated heterocycles. The molecule has 1 aliphatic heterocycles. The molecule has 0 unspecified atom stereocenters. The summed E-state index contributed by atoms with van der Waals surface area (Å²) < 4.78 is 0. The van der Waals surface area contributed by atoms with Crippen molar-refractivity contribution >= 4 is 17.7 Å². The minimum Gasteiger partial charge on any atom is -0.384 e. The molecule has 0 bridgehead atoms. The Kier molecular flexibility index (Phi) is 7.62. The Hall–Kier alpha value is -2.66. The highest BCUT2D eigenvalue weighted by molar-refractivity contribution is 5.92. The number of rotatable bonds is 8. The van der Waals surface area contributed by atoms with Gasteiger partial charge in [-0.2, -0.15) is 0 Å². The van der Waals surface area contributed by atoms with Gasteiger partial charge in [0.2, 0.25) is 0 Å². The monoisotopic (exact) mass is 378 g/mol. The summed E-state index contributed by atoms with van der Waals surface area (Å²) in [7, 11) is 0. The minimum absolute atomic E-state index is 0.0274. The van der Waals surface area contributed by atoms with E-state index in [9.17, 15) is 4.79 Å². The van der Waals surface area contributed by atoms with E-state index in [0.717, 1.165) is 57.8 Å². The van der Waals surface area contributed by atoms with Crippen molar-refractivity contribution in [3.63, 3.8) is 0 Å². The average molecular weight is 379 g/mol. The quantitative estimate of drug-likeness (QED) is 0.711. The molecule has 0 saturated carbocycles. The fraction of sp³-hybridized carbons (Fsp3) is 0.391. The number of carbonyl (C=O) groups is 1. The van der Waals surface area contributed by atoms with Crippen molar-refractivity contribution in [3.05, 3.63) is 66.0 Å². The summed E-state index contributed by atoms with van der Waals surface area (Å²) in [5.74, 6) is 0.0274. The zero-order chi connectivity index (χ0) is 19.6. The first-order valence-electron chi connectivity index (χ1n) is 10.2. The highest BCUT2D eigenvalue weighted by Crippen LogP contribution is 2.11. The fourth-order valence-corrected chi connectivity index (χ4v) is 3.23. The van der Waals surface area contributed by atoms with Crippen molar-refractivity contribution in [1.29, 1.82) is 0 Å². The molecule has 0 atom stereocenters. The number of piperazine rings is 1. The van der Waals surface area contributed by atoms with Crippen molar-refractivity contribution in [2.24, 2.45) is 0 Å². The van der Waals surface area contributed by atoms with Crippen molar-refractivity contribution < 1.29 is 4.79 Å². The molecule has 148 valence electrons. The maximum absolute atomic E-state index is 12.7. The lowest BCUT2D eigenvalue weighted by Gasteiger charge is -2.34. The number of nitrogens with zero attached hydrogens (tertiary/aromatic N) is 3. The standard InChI is InChI=1S/C23H30N4O/c1-2-3-13-24-21-11-12-22(25-19-21)23(28)27-17-15-26(16-18-27)14-7-10-20-8-5-4-6-9-20/h4-12,19,24H,2-3,13-18H2,1H3/b10-7+. The van der Waals surface area contributed by atoms with Gasteiger partial charge in [0.15, 0.2) is 0 Å². The first-order chi connectivity index (χ1) is 13.8. The van der Waals surface area contributed by atoms with Crippen LogP contribution in [0.5, 0.6) is 0 Å². The third kappa shape index (κ3) is 5.92. The highest BCUT2D eigenvalue weighted by Gasteiger charge is 2.22. The Morgan fingerprint density at radius 3 is 2.57 bits per heavy atom. The van der Waals surface area contributed by atoms with E-state index in [2.05, 4.69) is 46.4 Å². The van der Waals surface area contributed by atoms with E-state index >= 15 is 0 Å².